The van der Waals surface area contributed by atoms with E-state index in [2.05, 4.69) is 5.32 Å². The summed E-state index contributed by atoms with van der Waals surface area (Å²) >= 11 is 7.28. The third kappa shape index (κ3) is 4.06. The number of nitrogens with one attached hydrogen (secondary N) is 1. The molecule has 0 aliphatic carbocycles. The number of nitrogens with zero attached hydrogens (tertiary/aromatic N) is 1. The fourth-order valence-corrected chi connectivity index (χ4v) is 5.68. The van der Waals surface area contributed by atoms with E-state index in [9.17, 15) is 13.2 Å². The number of amides is 1. The Morgan fingerprint density at radius 2 is 2.16 bits per heavy atom. The van der Waals surface area contributed by atoms with Crippen LogP contribution in [0.2, 0.25) is 5.02 Å². The van der Waals surface area contributed by atoms with E-state index in [4.69, 9.17) is 11.6 Å². The Balaban J connectivity index is 1.70. The van der Waals surface area contributed by atoms with Crippen molar-refractivity contribution in [3.8, 4) is 0 Å². The van der Waals surface area contributed by atoms with Crippen LogP contribution in [0, 0.1) is 12.8 Å². The fraction of sp³-hybridized carbons (Fsp3) is 0.353. The predicted octanol–water partition coefficient (Wildman–Crippen LogP) is 3.75. The molecule has 0 unspecified atom stereocenters. The van der Waals surface area contributed by atoms with Gasteiger partial charge in [-0.25, -0.2) is 8.42 Å². The van der Waals surface area contributed by atoms with Gasteiger partial charge in [0.2, 0.25) is 5.91 Å². The van der Waals surface area contributed by atoms with Gasteiger partial charge in [-0.05, 0) is 48.9 Å². The summed E-state index contributed by atoms with van der Waals surface area (Å²) in [5, 5.41) is 5.17. The van der Waals surface area contributed by atoms with Gasteiger partial charge in [-0.2, -0.15) is 4.31 Å². The monoisotopic (exact) mass is 398 g/mol. The van der Waals surface area contributed by atoms with Crippen LogP contribution < -0.4 is 5.32 Å². The summed E-state index contributed by atoms with van der Waals surface area (Å²) in [4.78, 5) is 12.5. The molecule has 2 heterocycles. The van der Waals surface area contributed by atoms with Crippen molar-refractivity contribution in [3.63, 3.8) is 0 Å². The minimum Gasteiger partial charge on any atom is -0.326 e. The van der Waals surface area contributed by atoms with Crippen molar-refractivity contribution in [2.45, 2.75) is 24.0 Å². The number of hydrogen-bond donors (Lipinski definition) is 1. The zero-order chi connectivity index (χ0) is 18.0. The third-order valence-corrected chi connectivity index (χ3v) is 7.93. The summed E-state index contributed by atoms with van der Waals surface area (Å²) in [5.74, 6) is -0.547. The maximum atomic E-state index is 12.6. The maximum Gasteiger partial charge on any atom is 0.252 e. The molecule has 8 heteroatoms. The molecule has 1 N–H and O–H groups in total. The first kappa shape index (κ1) is 18.4. The Labute approximate surface area is 156 Å². The van der Waals surface area contributed by atoms with Gasteiger partial charge < -0.3 is 5.32 Å². The number of sulfonamides is 1. The Hall–Kier alpha value is -1.41. The zero-order valence-electron chi connectivity index (χ0n) is 13.7. The number of thiophene rings is 1. The fourth-order valence-electron chi connectivity index (χ4n) is 2.83. The second kappa shape index (κ2) is 7.45. The van der Waals surface area contributed by atoms with Crippen LogP contribution in [-0.4, -0.2) is 31.7 Å². The highest BCUT2D eigenvalue weighted by atomic mass is 35.5. The Morgan fingerprint density at radius 3 is 2.84 bits per heavy atom. The Bertz CT molecular complexity index is 866. The average Bonchev–Trinajstić information content (AvgIpc) is 3.14. The van der Waals surface area contributed by atoms with Gasteiger partial charge in [-0.15, -0.1) is 11.3 Å². The number of hydrogen-bond acceptors (Lipinski definition) is 4. The highest BCUT2D eigenvalue weighted by molar-refractivity contribution is 7.91. The lowest BCUT2D eigenvalue weighted by atomic mass is 9.98. The van der Waals surface area contributed by atoms with Gasteiger partial charge >= 0.3 is 0 Å². The van der Waals surface area contributed by atoms with Crippen LogP contribution in [0.3, 0.4) is 0 Å². The van der Waals surface area contributed by atoms with Crippen LogP contribution in [-0.2, 0) is 14.8 Å². The number of aryl methyl sites for hydroxylation is 1. The highest BCUT2D eigenvalue weighted by Gasteiger charge is 2.33. The van der Waals surface area contributed by atoms with Crippen LogP contribution in [0.5, 0.6) is 0 Å². The molecule has 0 bridgehead atoms. The van der Waals surface area contributed by atoms with E-state index in [1.807, 2.05) is 13.0 Å². The first-order valence-corrected chi connectivity index (χ1v) is 10.7. The van der Waals surface area contributed by atoms with Crippen LogP contribution in [0.1, 0.15) is 18.4 Å². The molecular weight excluding hydrogens is 380 g/mol. The maximum absolute atomic E-state index is 12.6. The summed E-state index contributed by atoms with van der Waals surface area (Å²) < 4.78 is 27.0. The quantitative estimate of drug-likeness (QED) is 0.852. The molecule has 1 aromatic heterocycles. The van der Waals surface area contributed by atoms with Gasteiger partial charge in [-0.1, -0.05) is 23.7 Å². The van der Waals surface area contributed by atoms with E-state index in [0.717, 1.165) is 5.56 Å². The molecule has 25 heavy (non-hydrogen) atoms. The summed E-state index contributed by atoms with van der Waals surface area (Å²) in [6, 6.07) is 8.65. The third-order valence-electron chi connectivity index (χ3n) is 4.28. The summed E-state index contributed by atoms with van der Waals surface area (Å²) in [6.45, 7) is 2.54. The molecule has 1 atom stereocenters. The molecule has 134 valence electrons. The molecule has 1 amide bonds. The predicted molar refractivity (Wildman–Crippen MR) is 101 cm³/mol. The molecule has 0 saturated carbocycles. The largest absolute Gasteiger partial charge is 0.326 e. The normalized spacial score (nSPS) is 18.9. The summed E-state index contributed by atoms with van der Waals surface area (Å²) in [6.07, 6.45) is 1.33. The van der Waals surface area contributed by atoms with Crippen LogP contribution in [0.15, 0.2) is 39.9 Å². The van der Waals surface area contributed by atoms with Crippen molar-refractivity contribution in [2.75, 3.05) is 18.4 Å². The molecule has 1 aliphatic rings. The zero-order valence-corrected chi connectivity index (χ0v) is 16.1. The van der Waals surface area contributed by atoms with Crippen molar-refractivity contribution in [1.82, 2.24) is 4.31 Å². The Kier molecular flexibility index (Phi) is 5.48. The van der Waals surface area contributed by atoms with Crippen LogP contribution in [0.25, 0.3) is 0 Å². The molecule has 0 spiro atoms. The van der Waals surface area contributed by atoms with Gasteiger partial charge in [0.05, 0.1) is 5.92 Å². The number of anilines is 1. The summed E-state index contributed by atoms with van der Waals surface area (Å²) in [7, 11) is -3.52. The van der Waals surface area contributed by atoms with Crippen LogP contribution >= 0.6 is 22.9 Å². The molecule has 5 nitrogen and oxygen atoms in total. The number of carbonyl (C=O) groups is 1. The van der Waals surface area contributed by atoms with E-state index in [1.165, 1.54) is 15.6 Å². The first-order chi connectivity index (χ1) is 11.9. The topological polar surface area (TPSA) is 66.5 Å². The average molecular weight is 399 g/mol. The second-order valence-electron chi connectivity index (χ2n) is 6.09. The SMILES string of the molecule is Cc1ccc(NC(=O)[C@@H]2CCCN(S(=O)(=O)c3cccs3)C2)cc1Cl. The Morgan fingerprint density at radius 1 is 1.36 bits per heavy atom. The lowest BCUT2D eigenvalue weighted by molar-refractivity contribution is -0.120. The smallest absolute Gasteiger partial charge is 0.252 e. The molecule has 1 fully saturated rings. The summed E-state index contributed by atoms with van der Waals surface area (Å²) in [5.41, 5.74) is 1.56. The molecule has 1 saturated heterocycles. The van der Waals surface area contributed by atoms with E-state index in [1.54, 1.807) is 29.6 Å². The lowest BCUT2D eigenvalue weighted by Crippen LogP contribution is -2.43. The van der Waals surface area contributed by atoms with Crippen molar-refractivity contribution in [2.24, 2.45) is 5.92 Å². The standard InChI is InChI=1S/C17H19ClN2O3S2/c1-12-6-7-14(10-15(12)18)19-17(21)13-4-2-8-20(11-13)25(22,23)16-5-3-9-24-16/h3,5-7,9-10,13H,2,4,8,11H2,1H3,(H,19,21)/t13-/m1/s1. The molecule has 0 radical (unpaired) electrons. The van der Waals surface area contributed by atoms with Gasteiger partial charge in [0.25, 0.3) is 10.0 Å². The van der Waals surface area contributed by atoms with E-state index >= 15 is 0 Å². The molecule has 2 aromatic rings. The van der Waals surface area contributed by atoms with Crippen molar-refractivity contribution in [1.29, 1.82) is 0 Å². The van der Waals surface area contributed by atoms with E-state index in [-0.39, 0.29) is 18.4 Å². The van der Waals surface area contributed by atoms with Gasteiger partial charge in [-0.3, -0.25) is 4.79 Å². The number of halogens is 1. The first-order valence-electron chi connectivity index (χ1n) is 7.98. The minimum atomic E-state index is -3.52. The van der Waals surface area contributed by atoms with E-state index < -0.39 is 10.0 Å². The number of benzene rings is 1. The molecule has 3 rings (SSSR count). The number of carbonyl (C=O) groups excluding carboxylic acids is 1. The van der Waals surface area contributed by atoms with Crippen molar-refractivity contribution >= 4 is 44.6 Å². The van der Waals surface area contributed by atoms with Crippen molar-refractivity contribution < 1.29 is 13.2 Å². The minimum absolute atomic E-state index is 0.175. The highest BCUT2D eigenvalue weighted by Crippen LogP contribution is 2.27. The van der Waals surface area contributed by atoms with Crippen molar-refractivity contribution in [3.05, 3.63) is 46.3 Å². The molecule has 1 aromatic carbocycles. The van der Waals surface area contributed by atoms with E-state index in [0.29, 0.717) is 34.3 Å². The number of piperidine rings is 1. The van der Waals surface area contributed by atoms with Gasteiger partial charge in [0, 0.05) is 23.8 Å². The lowest BCUT2D eigenvalue weighted by Gasteiger charge is -2.30. The van der Waals surface area contributed by atoms with Crippen LogP contribution in [0.4, 0.5) is 5.69 Å². The molecular formula is C17H19ClN2O3S2. The second-order valence-corrected chi connectivity index (χ2v) is 9.61. The van der Waals surface area contributed by atoms with Gasteiger partial charge in [0.1, 0.15) is 4.21 Å². The number of rotatable bonds is 4. The molecule has 1 aliphatic heterocycles. The van der Waals surface area contributed by atoms with Gasteiger partial charge in [0.15, 0.2) is 0 Å².